The van der Waals surface area contributed by atoms with Crippen LogP contribution in [0.3, 0.4) is 0 Å². The van der Waals surface area contributed by atoms with E-state index in [-0.39, 0.29) is 21.4 Å². The largest absolute Gasteiger partial charge is 0.477 e. The third-order valence-electron chi connectivity index (χ3n) is 3.81. The fourth-order valence-electron chi connectivity index (χ4n) is 2.61. The molecule has 0 spiro atoms. The Morgan fingerprint density at radius 2 is 2.27 bits per heavy atom. The molecule has 12 heteroatoms. The Hall–Kier alpha value is -2.86. The molecule has 1 unspecified atom stereocenters. The van der Waals surface area contributed by atoms with Crippen molar-refractivity contribution in [3.63, 3.8) is 0 Å². The van der Waals surface area contributed by atoms with E-state index in [1.165, 1.54) is 24.0 Å². The number of thioether (sulfide) groups is 1. The molecule has 2 atom stereocenters. The number of carbonyl (C=O) groups is 3. The van der Waals surface area contributed by atoms with Crippen LogP contribution in [0.2, 0.25) is 0 Å². The summed E-state index contributed by atoms with van der Waals surface area (Å²) in [5, 5.41) is 23.5. The lowest BCUT2D eigenvalue weighted by atomic mass is 10.0. The molecule has 1 fully saturated rings. The minimum atomic E-state index is -1.24. The average Bonchev–Trinajstić information content (AvgIpc) is 3.04. The monoisotopic (exact) mass is 395 g/mol. The number of allylic oxidation sites excluding steroid dienone is 1. The zero-order valence-electron chi connectivity index (χ0n) is 13.1. The molecule has 1 aromatic rings. The van der Waals surface area contributed by atoms with E-state index in [4.69, 9.17) is 10.9 Å². The summed E-state index contributed by atoms with van der Waals surface area (Å²) in [6.07, 6.45) is 2.68. The molecule has 26 heavy (non-hydrogen) atoms. The number of oxime groups is 1. The number of nitrogens with zero attached hydrogens (tertiary/aromatic N) is 3. The van der Waals surface area contributed by atoms with Gasteiger partial charge in [0.2, 0.25) is 0 Å². The molecular weight excluding hydrogens is 382 g/mol. The summed E-state index contributed by atoms with van der Waals surface area (Å²) in [6, 6.07) is -0.935. The number of carboxylic acid groups (broad SMARTS) is 1. The number of aliphatic carboxylic acids is 1. The number of hydrogen-bond donors (Lipinski definition) is 4. The second kappa shape index (κ2) is 6.80. The number of carboxylic acids is 1. The van der Waals surface area contributed by atoms with Crippen LogP contribution in [0.1, 0.15) is 4.88 Å². The summed E-state index contributed by atoms with van der Waals surface area (Å²) in [4.78, 5) is 41.3. The van der Waals surface area contributed by atoms with E-state index in [9.17, 15) is 19.5 Å². The number of nitrogens with two attached hydrogens (primary N) is 1. The number of carbonyl (C=O) groups excluding carboxylic acids is 2. The number of aromatic nitrogens is 1. The van der Waals surface area contributed by atoms with E-state index >= 15 is 0 Å². The first-order valence-electron chi connectivity index (χ1n) is 7.17. The van der Waals surface area contributed by atoms with Gasteiger partial charge in [0.05, 0.1) is 4.88 Å². The molecule has 2 amide bonds. The third-order valence-corrected chi connectivity index (χ3v) is 5.94. The molecule has 1 saturated heterocycles. The maximum atomic E-state index is 12.4. The van der Waals surface area contributed by atoms with Gasteiger partial charge < -0.3 is 21.4 Å². The number of hydrogen-bond acceptors (Lipinski definition) is 9. The zero-order valence-corrected chi connectivity index (χ0v) is 14.7. The maximum Gasteiger partial charge on any atom is 0.352 e. The van der Waals surface area contributed by atoms with Crippen LogP contribution < -0.4 is 11.1 Å². The predicted molar refractivity (Wildman–Crippen MR) is 94.7 cm³/mol. The van der Waals surface area contributed by atoms with Crippen LogP contribution in [0.25, 0.3) is 0 Å². The number of β-lactam (4-membered cyclic amide) rings is 1. The highest BCUT2D eigenvalue weighted by Crippen LogP contribution is 2.40. The second-order valence-corrected chi connectivity index (χ2v) is 7.42. The van der Waals surface area contributed by atoms with Crippen LogP contribution in [0, 0.1) is 0 Å². The van der Waals surface area contributed by atoms with Crippen LogP contribution in [0.4, 0.5) is 5.13 Å². The number of nitrogen functional groups attached to an aromatic ring is 1. The Morgan fingerprint density at radius 1 is 1.54 bits per heavy atom. The van der Waals surface area contributed by atoms with Crippen LogP contribution in [0.15, 0.2) is 35.3 Å². The summed E-state index contributed by atoms with van der Waals surface area (Å²) in [6.45, 7) is 3.56. The average molecular weight is 395 g/mol. The van der Waals surface area contributed by atoms with Gasteiger partial charge in [0.15, 0.2) is 10.8 Å². The highest BCUT2D eigenvalue weighted by molar-refractivity contribution is 8.00. The molecular formula is C14H13N5O5S2. The zero-order chi connectivity index (χ0) is 19.0. The molecule has 0 aliphatic carbocycles. The number of rotatable bonds is 5. The molecule has 5 N–H and O–H groups in total. The lowest BCUT2D eigenvalue weighted by Gasteiger charge is -2.49. The van der Waals surface area contributed by atoms with E-state index < -0.39 is 29.2 Å². The van der Waals surface area contributed by atoms with Gasteiger partial charge in [-0.25, -0.2) is 9.78 Å². The number of fused-ring (bicyclic) bond motifs is 1. The normalized spacial score (nSPS) is 22.5. The van der Waals surface area contributed by atoms with Crippen molar-refractivity contribution in [2.75, 3.05) is 11.5 Å². The number of thiazole rings is 1. The summed E-state index contributed by atoms with van der Waals surface area (Å²) in [7, 11) is 0. The molecule has 3 heterocycles. The van der Waals surface area contributed by atoms with Gasteiger partial charge in [-0.05, 0) is 5.57 Å². The van der Waals surface area contributed by atoms with Gasteiger partial charge in [-0.1, -0.05) is 29.1 Å². The molecule has 1 aromatic heterocycles. The van der Waals surface area contributed by atoms with Gasteiger partial charge in [0.1, 0.15) is 17.1 Å². The number of nitrogens with one attached hydrogen (secondary N) is 1. The van der Waals surface area contributed by atoms with Crippen molar-refractivity contribution in [3.05, 3.63) is 35.0 Å². The topological polar surface area (TPSA) is 158 Å². The van der Waals surface area contributed by atoms with E-state index in [0.717, 1.165) is 16.2 Å². The fraction of sp³-hybridized carbons (Fsp3) is 0.214. The van der Waals surface area contributed by atoms with Crippen molar-refractivity contribution in [1.29, 1.82) is 0 Å². The first-order valence-corrected chi connectivity index (χ1v) is 9.03. The lowest BCUT2D eigenvalue weighted by molar-refractivity contribution is -0.150. The van der Waals surface area contributed by atoms with Crippen molar-refractivity contribution >= 4 is 51.7 Å². The molecule has 136 valence electrons. The van der Waals surface area contributed by atoms with E-state index in [1.807, 2.05) is 0 Å². The van der Waals surface area contributed by atoms with Gasteiger partial charge in [0.25, 0.3) is 11.8 Å². The molecule has 2 aliphatic heterocycles. The van der Waals surface area contributed by atoms with E-state index in [2.05, 4.69) is 22.0 Å². The van der Waals surface area contributed by atoms with Crippen molar-refractivity contribution in [3.8, 4) is 0 Å². The highest BCUT2D eigenvalue weighted by Gasteiger charge is 2.54. The van der Waals surface area contributed by atoms with Crippen LogP contribution in [0.5, 0.6) is 0 Å². The standard InChI is InChI=1S/C14H13N5O5S2/c1-2-5-4-25-12-8(11(21)19(12)9(5)13(22)23)17-10(20)7(18-24)6-3-16-14(15)26-6/h2-3,8,12,24H,1,4H2,(H2,15,16)(H,17,20)(H,22,23)/b18-7-/t8-,12?/m1/s1. The van der Waals surface area contributed by atoms with Gasteiger partial charge in [-0.15, -0.1) is 11.8 Å². The molecule has 3 rings (SSSR count). The SMILES string of the molecule is C=CC1=C(C(=O)O)N2C(=O)[C@@H](NC(=O)/C(=N\O)c3cnc(N)s3)C2SC1. The van der Waals surface area contributed by atoms with Crippen molar-refractivity contribution in [1.82, 2.24) is 15.2 Å². The van der Waals surface area contributed by atoms with Crippen LogP contribution in [-0.4, -0.2) is 60.9 Å². The maximum absolute atomic E-state index is 12.4. The van der Waals surface area contributed by atoms with Gasteiger partial charge in [0, 0.05) is 11.9 Å². The molecule has 0 aromatic carbocycles. The minimum Gasteiger partial charge on any atom is -0.477 e. The van der Waals surface area contributed by atoms with Crippen molar-refractivity contribution < 1.29 is 24.7 Å². The highest BCUT2D eigenvalue weighted by atomic mass is 32.2. The van der Waals surface area contributed by atoms with E-state index in [1.54, 1.807) is 0 Å². The molecule has 0 bridgehead atoms. The fourth-order valence-corrected chi connectivity index (χ4v) is 4.62. The molecule has 0 radical (unpaired) electrons. The lowest BCUT2D eigenvalue weighted by Crippen LogP contribution is -2.71. The van der Waals surface area contributed by atoms with Crippen molar-refractivity contribution in [2.45, 2.75) is 11.4 Å². The second-order valence-electron chi connectivity index (χ2n) is 5.26. The molecule has 10 nitrogen and oxygen atoms in total. The Morgan fingerprint density at radius 3 is 2.81 bits per heavy atom. The van der Waals surface area contributed by atoms with Crippen LogP contribution >= 0.6 is 23.1 Å². The summed E-state index contributed by atoms with van der Waals surface area (Å²) in [5.41, 5.74) is 5.47. The smallest absolute Gasteiger partial charge is 0.352 e. The van der Waals surface area contributed by atoms with Gasteiger partial charge in [-0.3, -0.25) is 14.5 Å². The van der Waals surface area contributed by atoms with Crippen molar-refractivity contribution in [2.24, 2.45) is 5.16 Å². The van der Waals surface area contributed by atoms with E-state index in [0.29, 0.717) is 11.3 Å². The summed E-state index contributed by atoms with van der Waals surface area (Å²) >= 11 is 2.26. The minimum absolute atomic E-state index is 0.134. The Kier molecular flexibility index (Phi) is 4.70. The predicted octanol–water partition coefficient (Wildman–Crippen LogP) is -0.172. The van der Waals surface area contributed by atoms with Crippen LogP contribution in [-0.2, 0) is 14.4 Å². The van der Waals surface area contributed by atoms with Gasteiger partial charge in [-0.2, -0.15) is 0 Å². The third kappa shape index (κ3) is 2.82. The molecule has 2 aliphatic rings. The first-order chi connectivity index (χ1) is 12.4. The quantitative estimate of drug-likeness (QED) is 0.231. The Balaban J connectivity index is 1.78. The summed E-state index contributed by atoms with van der Waals surface area (Å²) < 4.78 is 0. The Bertz CT molecular complexity index is 877. The van der Waals surface area contributed by atoms with Gasteiger partial charge >= 0.3 is 5.97 Å². The number of amides is 2. The number of anilines is 1. The first kappa shape index (κ1) is 17.9. The Labute approximate surface area is 155 Å². The summed E-state index contributed by atoms with van der Waals surface area (Å²) in [5.74, 6) is -2.24. The molecule has 0 saturated carbocycles.